The maximum absolute atomic E-state index is 12.6. The number of carbonyl (C=O) groups excluding carboxylic acids is 1. The summed E-state index contributed by atoms with van der Waals surface area (Å²) in [6, 6.07) is 13.3. The van der Waals surface area contributed by atoms with Gasteiger partial charge in [-0.3, -0.25) is 0 Å². The van der Waals surface area contributed by atoms with Gasteiger partial charge in [-0.15, -0.1) is 5.10 Å². The molecule has 30 heavy (non-hydrogen) atoms. The lowest BCUT2D eigenvalue weighted by Crippen LogP contribution is -2.52. The van der Waals surface area contributed by atoms with Crippen LogP contribution < -0.4 is 10.1 Å². The molecule has 1 saturated heterocycles. The Morgan fingerprint density at radius 3 is 2.47 bits per heavy atom. The topological polar surface area (TPSA) is 72.3 Å². The number of anilines is 1. The minimum atomic E-state index is -4.41. The predicted octanol–water partition coefficient (Wildman–Crippen LogP) is 3.96. The van der Waals surface area contributed by atoms with Crippen molar-refractivity contribution in [2.75, 3.05) is 18.4 Å². The summed E-state index contributed by atoms with van der Waals surface area (Å²) >= 11 is 0. The van der Waals surface area contributed by atoms with Crippen molar-refractivity contribution in [1.29, 1.82) is 0 Å². The molecule has 0 atom stereocenters. The van der Waals surface area contributed by atoms with E-state index in [0.717, 1.165) is 17.9 Å². The summed E-state index contributed by atoms with van der Waals surface area (Å²) in [6.45, 7) is 1.14. The fourth-order valence-electron chi connectivity index (χ4n) is 2.97. The number of likely N-dealkylation sites (tertiary alicyclic amines) is 1. The number of aromatic nitrogens is 3. The van der Waals surface area contributed by atoms with Crippen molar-refractivity contribution in [3.8, 4) is 5.75 Å². The van der Waals surface area contributed by atoms with Crippen LogP contribution in [0.3, 0.4) is 0 Å². The highest BCUT2D eigenvalue weighted by molar-refractivity contribution is 5.89. The van der Waals surface area contributed by atoms with E-state index in [2.05, 4.69) is 15.6 Å². The van der Waals surface area contributed by atoms with E-state index in [1.807, 2.05) is 30.3 Å². The largest absolute Gasteiger partial charge is 0.487 e. The van der Waals surface area contributed by atoms with Gasteiger partial charge in [0.05, 0.1) is 17.8 Å². The average molecular weight is 417 g/mol. The van der Waals surface area contributed by atoms with Gasteiger partial charge in [0.2, 0.25) is 0 Å². The lowest BCUT2D eigenvalue weighted by Gasteiger charge is -2.38. The van der Waals surface area contributed by atoms with Crippen molar-refractivity contribution in [2.24, 2.45) is 0 Å². The molecule has 1 aliphatic rings. The number of ether oxygens (including phenoxy) is 1. The molecular formula is C20H18F3N5O2. The summed E-state index contributed by atoms with van der Waals surface area (Å²) in [7, 11) is 0. The number of nitrogens with one attached hydrogen (secondary N) is 1. The van der Waals surface area contributed by atoms with Gasteiger partial charge in [-0.25, -0.2) is 9.48 Å². The lowest BCUT2D eigenvalue weighted by atomic mass is 10.1. The van der Waals surface area contributed by atoms with E-state index in [1.54, 1.807) is 15.8 Å². The number of halogens is 3. The molecule has 0 spiro atoms. The van der Waals surface area contributed by atoms with Gasteiger partial charge in [0.25, 0.3) is 0 Å². The van der Waals surface area contributed by atoms with Gasteiger partial charge < -0.3 is 15.0 Å². The van der Waals surface area contributed by atoms with E-state index in [4.69, 9.17) is 4.74 Å². The number of nitrogens with zero attached hydrogens (tertiary/aromatic N) is 4. The van der Waals surface area contributed by atoms with Crippen molar-refractivity contribution < 1.29 is 22.7 Å². The molecule has 1 aromatic heterocycles. The van der Waals surface area contributed by atoms with E-state index >= 15 is 0 Å². The highest BCUT2D eigenvalue weighted by Gasteiger charge is 2.33. The van der Waals surface area contributed by atoms with E-state index in [1.165, 1.54) is 12.1 Å². The first-order valence-corrected chi connectivity index (χ1v) is 9.20. The third kappa shape index (κ3) is 4.53. The fourth-order valence-corrected chi connectivity index (χ4v) is 2.97. The van der Waals surface area contributed by atoms with Crippen LogP contribution >= 0.6 is 0 Å². The number of para-hydroxylation sites is 1. The predicted molar refractivity (Wildman–Crippen MR) is 102 cm³/mol. The molecule has 0 unspecified atom stereocenters. The smallest absolute Gasteiger partial charge is 0.416 e. The number of alkyl halides is 3. The second kappa shape index (κ2) is 8.05. The molecule has 0 saturated carbocycles. The molecule has 0 aliphatic carbocycles. The van der Waals surface area contributed by atoms with Gasteiger partial charge in [0.15, 0.2) is 0 Å². The molecule has 1 N–H and O–H groups in total. The summed E-state index contributed by atoms with van der Waals surface area (Å²) in [5.74, 6) is 0.738. The van der Waals surface area contributed by atoms with Crippen molar-refractivity contribution in [2.45, 2.75) is 18.8 Å². The van der Waals surface area contributed by atoms with E-state index in [-0.39, 0.29) is 18.7 Å². The van der Waals surface area contributed by atoms with E-state index in [9.17, 15) is 18.0 Å². The first-order chi connectivity index (χ1) is 14.4. The van der Waals surface area contributed by atoms with Gasteiger partial charge in [0, 0.05) is 18.8 Å². The first kappa shape index (κ1) is 19.7. The van der Waals surface area contributed by atoms with Gasteiger partial charge in [-0.1, -0.05) is 23.4 Å². The quantitative estimate of drug-likeness (QED) is 0.682. The minimum Gasteiger partial charge on any atom is -0.487 e. The Morgan fingerprint density at radius 2 is 1.80 bits per heavy atom. The zero-order chi connectivity index (χ0) is 21.1. The van der Waals surface area contributed by atoms with Crippen LogP contribution in [0.25, 0.3) is 0 Å². The minimum absolute atomic E-state index is 0.0127. The van der Waals surface area contributed by atoms with Crippen molar-refractivity contribution in [1.82, 2.24) is 19.9 Å². The Morgan fingerprint density at radius 1 is 1.10 bits per heavy atom. The number of hydrogen-bond donors (Lipinski definition) is 1. The summed E-state index contributed by atoms with van der Waals surface area (Å²) in [5, 5.41) is 10.8. The number of rotatable bonds is 5. The zero-order valence-corrected chi connectivity index (χ0v) is 15.7. The van der Waals surface area contributed by atoms with Gasteiger partial charge in [0.1, 0.15) is 18.1 Å². The standard InChI is InChI=1S/C20H18F3N5O2/c21-20(22,23)14-6-8-15(9-7-14)24-19(29)27-11-17(12-27)28-10-16(25-26-28)13-30-18-4-2-1-3-5-18/h1-10,17H,11-13H2,(H,24,29). The number of urea groups is 1. The fraction of sp³-hybridized carbons (Fsp3) is 0.250. The maximum atomic E-state index is 12.6. The summed E-state index contributed by atoms with van der Waals surface area (Å²) in [4.78, 5) is 13.8. The molecule has 1 aliphatic heterocycles. The van der Waals surface area contributed by atoms with Gasteiger partial charge in [-0.2, -0.15) is 13.2 Å². The lowest BCUT2D eigenvalue weighted by molar-refractivity contribution is -0.137. The Balaban J connectivity index is 1.25. The van der Waals surface area contributed by atoms with E-state index in [0.29, 0.717) is 24.5 Å². The van der Waals surface area contributed by atoms with Crippen molar-refractivity contribution >= 4 is 11.7 Å². The second-order valence-corrected chi connectivity index (χ2v) is 6.86. The Bertz CT molecular complexity index is 999. The Labute approximate surface area is 170 Å². The molecule has 156 valence electrons. The second-order valence-electron chi connectivity index (χ2n) is 6.86. The molecule has 10 heteroatoms. The van der Waals surface area contributed by atoms with E-state index < -0.39 is 11.7 Å². The molecular weight excluding hydrogens is 399 g/mol. The van der Waals surface area contributed by atoms with Crippen LogP contribution in [-0.4, -0.2) is 39.0 Å². The number of carbonyl (C=O) groups is 1. The van der Waals surface area contributed by atoms with Crippen LogP contribution in [0.2, 0.25) is 0 Å². The van der Waals surface area contributed by atoms with Gasteiger partial charge >= 0.3 is 12.2 Å². The SMILES string of the molecule is O=C(Nc1ccc(C(F)(F)F)cc1)N1CC(n2cc(COc3ccccc3)nn2)C1. The summed E-state index contributed by atoms with van der Waals surface area (Å²) < 4.78 is 45.1. The average Bonchev–Trinajstić information content (AvgIpc) is 3.14. The van der Waals surface area contributed by atoms with Crippen LogP contribution in [-0.2, 0) is 12.8 Å². The highest BCUT2D eigenvalue weighted by atomic mass is 19.4. The molecule has 0 bridgehead atoms. The highest BCUT2D eigenvalue weighted by Crippen LogP contribution is 2.30. The molecule has 3 aromatic rings. The molecule has 1 fully saturated rings. The van der Waals surface area contributed by atoms with Crippen LogP contribution in [0.4, 0.5) is 23.7 Å². The molecule has 4 rings (SSSR count). The third-order valence-electron chi connectivity index (χ3n) is 4.67. The molecule has 2 aromatic carbocycles. The van der Waals surface area contributed by atoms with Crippen LogP contribution in [0.1, 0.15) is 17.3 Å². The third-order valence-corrected chi connectivity index (χ3v) is 4.67. The molecule has 2 amide bonds. The number of benzene rings is 2. The van der Waals surface area contributed by atoms with Crippen molar-refractivity contribution in [3.05, 3.63) is 72.1 Å². The normalized spacial score (nSPS) is 14.3. The van der Waals surface area contributed by atoms with Gasteiger partial charge in [-0.05, 0) is 36.4 Å². The molecule has 7 nitrogen and oxygen atoms in total. The molecule has 2 heterocycles. The number of amides is 2. The Kier molecular flexibility index (Phi) is 5.30. The van der Waals surface area contributed by atoms with Crippen LogP contribution in [0, 0.1) is 0 Å². The number of hydrogen-bond acceptors (Lipinski definition) is 4. The van der Waals surface area contributed by atoms with Crippen LogP contribution in [0.15, 0.2) is 60.8 Å². The van der Waals surface area contributed by atoms with Crippen LogP contribution in [0.5, 0.6) is 5.75 Å². The Hall–Kier alpha value is -3.56. The zero-order valence-electron chi connectivity index (χ0n) is 15.7. The molecule has 0 radical (unpaired) electrons. The monoisotopic (exact) mass is 417 g/mol. The summed E-state index contributed by atoms with van der Waals surface area (Å²) in [5.41, 5.74) is 0.215. The first-order valence-electron chi connectivity index (χ1n) is 9.20. The maximum Gasteiger partial charge on any atom is 0.416 e. The summed E-state index contributed by atoms with van der Waals surface area (Å²) in [6.07, 6.45) is -2.63. The van der Waals surface area contributed by atoms with Crippen molar-refractivity contribution in [3.63, 3.8) is 0 Å².